The molecule has 3 rings (SSSR count). The number of nitrogen functional groups attached to an aromatic ring is 1. The molecule has 0 aromatic carbocycles. The van der Waals surface area contributed by atoms with Crippen molar-refractivity contribution in [2.24, 2.45) is 0 Å². The molecule has 0 spiro atoms. The summed E-state index contributed by atoms with van der Waals surface area (Å²) in [5.74, 6) is 0.101. The molecule has 1 saturated heterocycles. The molecule has 0 radical (unpaired) electrons. The number of anilines is 1. The number of nitrogens with zero attached hydrogens (tertiary/aromatic N) is 2. The largest absolute Gasteiger partial charge is 0.469 e. The Morgan fingerprint density at radius 2 is 2.27 bits per heavy atom. The first-order valence-electron chi connectivity index (χ1n) is 6.82. The van der Waals surface area contributed by atoms with Crippen molar-refractivity contribution < 1.29 is 23.4 Å². The molecule has 0 amide bonds. The third kappa shape index (κ3) is 2.73. The van der Waals surface area contributed by atoms with Gasteiger partial charge in [-0.2, -0.15) is 4.98 Å². The van der Waals surface area contributed by atoms with Crippen LogP contribution in [0.3, 0.4) is 0 Å². The smallest absolute Gasteiger partial charge is 0.347 e. The highest BCUT2D eigenvalue weighted by Crippen LogP contribution is 2.28. The maximum Gasteiger partial charge on any atom is 0.347 e. The predicted molar refractivity (Wildman–Crippen MR) is 75.3 cm³/mol. The minimum absolute atomic E-state index is 0.0176. The molecule has 0 bridgehead atoms. The second kappa shape index (κ2) is 6.02. The zero-order chi connectivity index (χ0) is 15.5. The number of rotatable bonds is 5. The number of esters is 1. The first-order chi connectivity index (χ1) is 10.7. The van der Waals surface area contributed by atoms with Crippen LogP contribution in [0.2, 0.25) is 0 Å². The zero-order valence-corrected chi connectivity index (χ0v) is 11.9. The van der Waals surface area contributed by atoms with Crippen LogP contribution in [-0.2, 0) is 9.47 Å². The van der Waals surface area contributed by atoms with E-state index < -0.39 is 5.97 Å². The van der Waals surface area contributed by atoms with Crippen molar-refractivity contribution in [3.63, 3.8) is 0 Å². The molecule has 0 unspecified atom stereocenters. The minimum Gasteiger partial charge on any atom is -0.469 e. The van der Waals surface area contributed by atoms with E-state index in [4.69, 9.17) is 24.4 Å². The Balaban J connectivity index is 2.01. The highest BCUT2D eigenvalue weighted by molar-refractivity contribution is 5.96. The van der Waals surface area contributed by atoms with Crippen molar-refractivity contribution in [2.45, 2.75) is 13.0 Å². The molecular weight excluding hydrogens is 290 g/mol. The summed E-state index contributed by atoms with van der Waals surface area (Å²) in [4.78, 5) is 20.4. The van der Waals surface area contributed by atoms with Crippen LogP contribution in [0, 0.1) is 0 Å². The van der Waals surface area contributed by atoms with Crippen molar-refractivity contribution in [3.05, 3.63) is 24.0 Å². The molecule has 1 aliphatic rings. The summed E-state index contributed by atoms with van der Waals surface area (Å²) in [6.45, 7) is 2.78. The van der Waals surface area contributed by atoms with E-state index in [2.05, 4.69) is 9.97 Å². The van der Waals surface area contributed by atoms with Gasteiger partial charge < -0.3 is 24.4 Å². The van der Waals surface area contributed by atoms with Crippen LogP contribution in [0.4, 0.5) is 5.82 Å². The quantitative estimate of drug-likeness (QED) is 0.822. The van der Waals surface area contributed by atoms with E-state index in [1.54, 1.807) is 19.1 Å². The molecule has 2 aromatic rings. The molecule has 1 fully saturated rings. The van der Waals surface area contributed by atoms with Crippen molar-refractivity contribution in [1.29, 1.82) is 0 Å². The summed E-state index contributed by atoms with van der Waals surface area (Å²) in [6, 6.07) is 3.39. The van der Waals surface area contributed by atoms with Crippen LogP contribution in [0.25, 0.3) is 11.6 Å². The molecule has 8 heteroatoms. The summed E-state index contributed by atoms with van der Waals surface area (Å²) < 4.78 is 20.9. The van der Waals surface area contributed by atoms with E-state index in [1.165, 1.54) is 6.26 Å². The second-order valence-electron chi connectivity index (χ2n) is 4.59. The van der Waals surface area contributed by atoms with Gasteiger partial charge in [0.05, 0.1) is 26.1 Å². The van der Waals surface area contributed by atoms with Gasteiger partial charge in [0.15, 0.2) is 11.3 Å². The fraction of sp³-hybridized carbons (Fsp3) is 0.357. The third-order valence-electron chi connectivity index (χ3n) is 3.01. The Bertz CT molecular complexity index is 667. The Hall–Kier alpha value is -2.61. The highest BCUT2D eigenvalue weighted by atomic mass is 16.6. The number of ether oxygens (including phenoxy) is 3. The lowest BCUT2D eigenvalue weighted by molar-refractivity contribution is -0.0816. The van der Waals surface area contributed by atoms with Crippen LogP contribution in [0.1, 0.15) is 17.3 Å². The number of aromatic nitrogens is 2. The van der Waals surface area contributed by atoms with Gasteiger partial charge in [-0.15, -0.1) is 0 Å². The van der Waals surface area contributed by atoms with Crippen LogP contribution in [0.15, 0.2) is 22.8 Å². The van der Waals surface area contributed by atoms with Crippen LogP contribution >= 0.6 is 0 Å². The normalized spacial score (nSPS) is 14.4. The number of nitrogens with two attached hydrogens (primary N) is 1. The first kappa shape index (κ1) is 14.3. The highest BCUT2D eigenvalue weighted by Gasteiger charge is 2.28. The molecule has 0 atom stereocenters. The standard InChI is InChI=1S/C14H15N3O5/c1-2-20-14(18)10-11(15)16-12(9-4-3-5-21-9)17-13(10)22-8-6-19-7-8/h3-5,8H,2,6-7H2,1H3,(H2,15,16,17). The van der Waals surface area contributed by atoms with Gasteiger partial charge in [-0.25, -0.2) is 9.78 Å². The molecule has 116 valence electrons. The number of carbonyl (C=O) groups is 1. The van der Waals surface area contributed by atoms with Gasteiger partial charge in [-0.05, 0) is 19.1 Å². The lowest BCUT2D eigenvalue weighted by Crippen LogP contribution is -2.39. The minimum atomic E-state index is -0.624. The Labute approximate surface area is 126 Å². The molecule has 3 heterocycles. The van der Waals surface area contributed by atoms with E-state index >= 15 is 0 Å². The number of carbonyl (C=O) groups excluding carboxylic acids is 1. The average Bonchev–Trinajstić information content (AvgIpc) is 2.96. The van der Waals surface area contributed by atoms with E-state index in [-0.39, 0.29) is 35.8 Å². The van der Waals surface area contributed by atoms with E-state index in [1.807, 2.05) is 0 Å². The van der Waals surface area contributed by atoms with Crippen molar-refractivity contribution in [1.82, 2.24) is 9.97 Å². The maximum atomic E-state index is 12.1. The van der Waals surface area contributed by atoms with Crippen molar-refractivity contribution in [3.8, 4) is 17.5 Å². The van der Waals surface area contributed by atoms with Gasteiger partial charge in [0.25, 0.3) is 0 Å². The van der Waals surface area contributed by atoms with E-state index in [0.717, 1.165) is 0 Å². The fourth-order valence-electron chi connectivity index (χ4n) is 1.89. The van der Waals surface area contributed by atoms with Gasteiger partial charge in [0.1, 0.15) is 11.9 Å². The summed E-state index contributed by atoms with van der Waals surface area (Å²) in [6.07, 6.45) is 1.32. The van der Waals surface area contributed by atoms with Gasteiger partial charge in [-0.3, -0.25) is 0 Å². The van der Waals surface area contributed by atoms with Crippen LogP contribution in [0.5, 0.6) is 5.88 Å². The average molecular weight is 305 g/mol. The third-order valence-corrected chi connectivity index (χ3v) is 3.01. The zero-order valence-electron chi connectivity index (χ0n) is 11.9. The van der Waals surface area contributed by atoms with Crippen molar-refractivity contribution in [2.75, 3.05) is 25.6 Å². The molecule has 1 aliphatic heterocycles. The summed E-state index contributed by atoms with van der Waals surface area (Å²) in [5.41, 5.74) is 5.91. The van der Waals surface area contributed by atoms with Crippen LogP contribution in [-0.4, -0.2) is 41.9 Å². The van der Waals surface area contributed by atoms with E-state index in [9.17, 15) is 4.79 Å². The van der Waals surface area contributed by atoms with Crippen LogP contribution < -0.4 is 10.5 Å². The SMILES string of the molecule is CCOC(=O)c1c(N)nc(-c2ccco2)nc1OC1COC1. The summed E-state index contributed by atoms with van der Waals surface area (Å²) >= 11 is 0. The molecule has 2 aromatic heterocycles. The molecule has 0 saturated carbocycles. The monoisotopic (exact) mass is 305 g/mol. The number of furan rings is 1. The predicted octanol–water partition coefficient (Wildman–Crippen LogP) is 1.27. The Kier molecular flexibility index (Phi) is 3.92. The Morgan fingerprint density at radius 3 is 2.86 bits per heavy atom. The second-order valence-corrected chi connectivity index (χ2v) is 4.59. The Morgan fingerprint density at radius 1 is 1.45 bits per heavy atom. The molecular formula is C14H15N3O5. The molecule has 8 nitrogen and oxygen atoms in total. The summed E-state index contributed by atoms with van der Waals surface area (Å²) in [5, 5.41) is 0. The lowest BCUT2D eigenvalue weighted by Gasteiger charge is -2.27. The van der Waals surface area contributed by atoms with Gasteiger partial charge in [0, 0.05) is 0 Å². The molecule has 0 aliphatic carbocycles. The fourth-order valence-corrected chi connectivity index (χ4v) is 1.89. The molecule has 2 N–H and O–H groups in total. The van der Waals surface area contributed by atoms with Gasteiger partial charge in [-0.1, -0.05) is 0 Å². The number of hydrogen-bond donors (Lipinski definition) is 1. The summed E-state index contributed by atoms with van der Waals surface area (Å²) in [7, 11) is 0. The lowest BCUT2D eigenvalue weighted by atomic mass is 10.2. The van der Waals surface area contributed by atoms with Gasteiger partial charge in [0.2, 0.25) is 11.7 Å². The van der Waals surface area contributed by atoms with Gasteiger partial charge >= 0.3 is 5.97 Å². The first-order valence-corrected chi connectivity index (χ1v) is 6.82. The van der Waals surface area contributed by atoms with Crippen molar-refractivity contribution >= 4 is 11.8 Å². The van der Waals surface area contributed by atoms with E-state index in [0.29, 0.717) is 19.0 Å². The number of hydrogen-bond acceptors (Lipinski definition) is 8. The maximum absolute atomic E-state index is 12.1. The molecule has 22 heavy (non-hydrogen) atoms. The topological polar surface area (TPSA) is 110 Å².